The van der Waals surface area contributed by atoms with Crippen LogP contribution >= 0.6 is 11.6 Å². The molecule has 1 rings (SSSR count). The fraction of sp³-hybridized carbons (Fsp3) is 0.455. The third-order valence-electron chi connectivity index (χ3n) is 2.21. The molecule has 0 aliphatic rings. The summed E-state index contributed by atoms with van der Waals surface area (Å²) in [6.45, 7) is 6.84. The molecule has 0 atom stereocenters. The van der Waals surface area contributed by atoms with Crippen LogP contribution < -0.4 is 0 Å². The zero-order valence-corrected chi connectivity index (χ0v) is 10.3. The molecule has 1 heterocycles. The number of pyridine rings is 1. The Hall–Kier alpha value is -1.09. The van der Waals surface area contributed by atoms with Gasteiger partial charge < -0.3 is 4.90 Å². The average molecular weight is 226 g/mol. The van der Waals surface area contributed by atoms with Crippen molar-refractivity contribution in [3.63, 3.8) is 0 Å². The minimum atomic E-state index is 0.551. The van der Waals surface area contributed by atoms with Crippen LogP contribution in [0.3, 0.4) is 0 Å². The fourth-order valence-corrected chi connectivity index (χ4v) is 1.22. The maximum Gasteiger partial charge on any atom is 0.132 e. The summed E-state index contributed by atoms with van der Waals surface area (Å²) < 4.78 is 0. The lowest BCUT2D eigenvalue weighted by Crippen LogP contribution is -2.14. The molecule has 82 valence electrons. The van der Waals surface area contributed by atoms with Gasteiger partial charge in [-0.25, -0.2) is 9.98 Å². The van der Waals surface area contributed by atoms with Crippen molar-refractivity contribution in [3.05, 3.63) is 22.5 Å². The van der Waals surface area contributed by atoms with Crippen LogP contribution in [0.2, 0.25) is 5.15 Å². The smallest absolute Gasteiger partial charge is 0.132 e. The van der Waals surface area contributed by atoms with E-state index in [1.165, 1.54) is 0 Å². The van der Waals surface area contributed by atoms with Gasteiger partial charge in [0, 0.05) is 13.6 Å². The number of halogens is 1. The predicted molar refractivity (Wildman–Crippen MR) is 65.2 cm³/mol. The van der Waals surface area contributed by atoms with Crippen molar-refractivity contribution in [2.75, 3.05) is 13.6 Å². The van der Waals surface area contributed by atoms with Gasteiger partial charge in [-0.3, -0.25) is 0 Å². The molecule has 0 N–H and O–H groups in total. The second-order valence-electron chi connectivity index (χ2n) is 3.52. The summed E-state index contributed by atoms with van der Waals surface area (Å²) >= 11 is 5.90. The average Bonchev–Trinajstić information content (AvgIpc) is 2.21. The molecule has 4 heteroatoms. The first kappa shape index (κ1) is 12.0. The first-order valence-corrected chi connectivity index (χ1v) is 5.30. The van der Waals surface area contributed by atoms with E-state index in [0.29, 0.717) is 5.15 Å². The van der Waals surface area contributed by atoms with Crippen LogP contribution in [-0.4, -0.2) is 29.8 Å². The SMILES string of the molecule is CCN(C)C=Nc1cc(C)c(Cl)nc1C. The Morgan fingerprint density at radius 1 is 1.53 bits per heavy atom. The van der Waals surface area contributed by atoms with Crippen molar-refractivity contribution >= 4 is 23.6 Å². The van der Waals surface area contributed by atoms with Crippen molar-refractivity contribution in [1.29, 1.82) is 0 Å². The van der Waals surface area contributed by atoms with Gasteiger partial charge >= 0.3 is 0 Å². The van der Waals surface area contributed by atoms with Gasteiger partial charge in [-0.15, -0.1) is 0 Å². The van der Waals surface area contributed by atoms with E-state index in [9.17, 15) is 0 Å². The van der Waals surface area contributed by atoms with E-state index in [2.05, 4.69) is 16.9 Å². The van der Waals surface area contributed by atoms with E-state index < -0.39 is 0 Å². The molecule has 0 saturated heterocycles. The summed E-state index contributed by atoms with van der Waals surface area (Å²) in [6, 6.07) is 1.95. The number of hydrogen-bond donors (Lipinski definition) is 0. The van der Waals surface area contributed by atoms with Crippen LogP contribution in [0, 0.1) is 13.8 Å². The lowest BCUT2D eigenvalue weighted by Gasteiger charge is -2.09. The van der Waals surface area contributed by atoms with Gasteiger partial charge in [-0.1, -0.05) is 11.6 Å². The maximum atomic E-state index is 5.90. The quantitative estimate of drug-likeness (QED) is 0.450. The third-order valence-corrected chi connectivity index (χ3v) is 2.59. The van der Waals surface area contributed by atoms with Crippen molar-refractivity contribution in [2.24, 2.45) is 4.99 Å². The molecule has 0 aliphatic heterocycles. The molecule has 0 unspecified atom stereocenters. The maximum absolute atomic E-state index is 5.90. The summed E-state index contributed by atoms with van der Waals surface area (Å²) in [5, 5.41) is 0.551. The lowest BCUT2D eigenvalue weighted by molar-refractivity contribution is 0.552. The Morgan fingerprint density at radius 3 is 2.80 bits per heavy atom. The van der Waals surface area contributed by atoms with Gasteiger partial charge in [0.2, 0.25) is 0 Å². The molecule has 0 amide bonds. The largest absolute Gasteiger partial charge is 0.366 e. The van der Waals surface area contributed by atoms with E-state index in [0.717, 1.165) is 23.5 Å². The van der Waals surface area contributed by atoms with Gasteiger partial charge in [0.05, 0.1) is 17.7 Å². The lowest BCUT2D eigenvalue weighted by atomic mass is 10.2. The zero-order chi connectivity index (χ0) is 11.4. The monoisotopic (exact) mass is 225 g/mol. The molecule has 0 bridgehead atoms. The molecule has 0 fully saturated rings. The highest BCUT2D eigenvalue weighted by atomic mass is 35.5. The first-order chi connectivity index (χ1) is 7.04. The molecule has 3 nitrogen and oxygen atoms in total. The van der Waals surface area contributed by atoms with Crippen LogP contribution in [0.5, 0.6) is 0 Å². The molecule has 0 spiro atoms. The second-order valence-corrected chi connectivity index (χ2v) is 3.88. The van der Waals surface area contributed by atoms with Crippen molar-refractivity contribution in [3.8, 4) is 0 Å². The topological polar surface area (TPSA) is 28.5 Å². The van der Waals surface area contributed by atoms with Gasteiger partial charge in [0.1, 0.15) is 5.15 Å². The number of aromatic nitrogens is 1. The standard InChI is InChI=1S/C11H16ClN3/c1-5-15(4)7-13-10-6-8(2)11(12)14-9(10)3/h6-7H,5H2,1-4H3. The van der Waals surface area contributed by atoms with E-state index in [1.54, 1.807) is 6.34 Å². The summed E-state index contributed by atoms with van der Waals surface area (Å²) in [4.78, 5) is 10.6. The summed E-state index contributed by atoms with van der Waals surface area (Å²) in [5.74, 6) is 0. The molecule has 15 heavy (non-hydrogen) atoms. The van der Waals surface area contributed by atoms with Crippen LogP contribution in [-0.2, 0) is 0 Å². The van der Waals surface area contributed by atoms with Crippen LogP contribution in [0.15, 0.2) is 11.1 Å². The van der Waals surface area contributed by atoms with Crippen LogP contribution in [0.25, 0.3) is 0 Å². The van der Waals surface area contributed by atoms with Gasteiger partial charge in [-0.05, 0) is 32.4 Å². The van der Waals surface area contributed by atoms with Crippen molar-refractivity contribution in [1.82, 2.24) is 9.88 Å². The molecule has 0 radical (unpaired) electrons. The fourth-order valence-electron chi connectivity index (χ4n) is 1.03. The molecule has 1 aromatic rings. The van der Waals surface area contributed by atoms with Gasteiger partial charge in [0.15, 0.2) is 0 Å². The van der Waals surface area contributed by atoms with Crippen LogP contribution in [0.4, 0.5) is 5.69 Å². The molecule has 1 aromatic heterocycles. The van der Waals surface area contributed by atoms with Gasteiger partial charge in [0.25, 0.3) is 0 Å². The highest BCUT2D eigenvalue weighted by molar-refractivity contribution is 6.30. The Bertz CT molecular complexity index is 374. The Balaban J connectivity index is 2.95. The summed E-state index contributed by atoms with van der Waals surface area (Å²) in [5.41, 5.74) is 2.68. The minimum absolute atomic E-state index is 0.551. The Kier molecular flexibility index (Phi) is 4.09. The number of nitrogens with zero attached hydrogens (tertiary/aromatic N) is 3. The predicted octanol–water partition coefficient (Wildman–Crippen LogP) is 2.96. The Morgan fingerprint density at radius 2 is 2.20 bits per heavy atom. The zero-order valence-electron chi connectivity index (χ0n) is 9.58. The van der Waals surface area contributed by atoms with E-state index in [1.807, 2.05) is 31.9 Å². The molecule has 0 aliphatic carbocycles. The van der Waals surface area contributed by atoms with E-state index >= 15 is 0 Å². The molecule has 0 aromatic carbocycles. The minimum Gasteiger partial charge on any atom is -0.366 e. The third kappa shape index (κ3) is 3.20. The van der Waals surface area contributed by atoms with Crippen molar-refractivity contribution < 1.29 is 0 Å². The second kappa shape index (κ2) is 5.12. The number of rotatable bonds is 3. The number of aliphatic imine (C=N–C) groups is 1. The summed E-state index contributed by atoms with van der Waals surface area (Å²) in [7, 11) is 1.98. The molecular weight excluding hydrogens is 210 g/mol. The number of aryl methyl sites for hydroxylation is 2. The first-order valence-electron chi connectivity index (χ1n) is 4.92. The molecular formula is C11H16ClN3. The van der Waals surface area contributed by atoms with Crippen LogP contribution in [0.1, 0.15) is 18.2 Å². The van der Waals surface area contributed by atoms with E-state index in [-0.39, 0.29) is 0 Å². The highest BCUT2D eigenvalue weighted by Gasteiger charge is 2.02. The normalized spacial score (nSPS) is 11.0. The van der Waals surface area contributed by atoms with E-state index in [4.69, 9.17) is 11.6 Å². The van der Waals surface area contributed by atoms with Gasteiger partial charge in [-0.2, -0.15) is 0 Å². The number of hydrogen-bond acceptors (Lipinski definition) is 2. The van der Waals surface area contributed by atoms with Crippen molar-refractivity contribution in [2.45, 2.75) is 20.8 Å². The Labute approximate surface area is 95.8 Å². The molecule has 0 saturated carbocycles. The summed E-state index contributed by atoms with van der Waals surface area (Å²) in [6.07, 6.45) is 1.80. The highest BCUT2D eigenvalue weighted by Crippen LogP contribution is 2.22.